The molecule has 1 unspecified atom stereocenters. The summed E-state index contributed by atoms with van der Waals surface area (Å²) in [6.07, 6.45) is 0.0338. The fourth-order valence-electron chi connectivity index (χ4n) is 1.99. The van der Waals surface area contributed by atoms with E-state index in [0.717, 1.165) is 16.2 Å². The summed E-state index contributed by atoms with van der Waals surface area (Å²) in [4.78, 5) is 24.2. The number of carbonyl (C=O) groups is 2. The van der Waals surface area contributed by atoms with Gasteiger partial charge < -0.3 is 10.0 Å². The Morgan fingerprint density at radius 3 is 2.40 bits per heavy atom. The summed E-state index contributed by atoms with van der Waals surface area (Å²) in [5, 5.41) is 10.6. The Morgan fingerprint density at radius 1 is 1.24 bits per heavy atom. The van der Waals surface area contributed by atoms with E-state index in [0.29, 0.717) is 11.3 Å². The number of carbonyl (C=O) groups excluding carboxylic acids is 1. The van der Waals surface area contributed by atoms with E-state index in [-0.39, 0.29) is 16.5 Å². The highest BCUT2D eigenvalue weighted by Gasteiger charge is 2.21. The van der Waals surface area contributed by atoms with Crippen molar-refractivity contribution in [3.63, 3.8) is 0 Å². The van der Waals surface area contributed by atoms with Crippen molar-refractivity contribution >= 4 is 38.9 Å². The molecule has 0 saturated carbocycles. The van der Waals surface area contributed by atoms with Gasteiger partial charge in [-0.3, -0.25) is 9.52 Å². The predicted octanol–water partition coefficient (Wildman–Crippen LogP) is 2.02. The number of hydrogen-bond donors (Lipinski definition) is 2. The van der Waals surface area contributed by atoms with E-state index >= 15 is 0 Å². The van der Waals surface area contributed by atoms with Crippen LogP contribution in [0.4, 0.5) is 5.69 Å². The second-order valence-corrected chi connectivity index (χ2v) is 8.29. The lowest BCUT2D eigenvalue weighted by atomic mass is 10.1. The standard InChI is InChI=1S/C16H18N2O5S2/c1-11(16(20)21)18(2)14(19)10-12-5-7-13(8-6-12)17-25(22,23)15-4-3-9-24-15/h3-9,11,17H,10H2,1-2H3,(H,20,21). The summed E-state index contributed by atoms with van der Waals surface area (Å²) in [6, 6.07) is 8.64. The van der Waals surface area contributed by atoms with Crippen LogP contribution in [0.3, 0.4) is 0 Å². The number of hydrogen-bond acceptors (Lipinski definition) is 5. The van der Waals surface area contributed by atoms with Gasteiger partial charge in [-0.05, 0) is 36.1 Å². The highest BCUT2D eigenvalue weighted by Crippen LogP contribution is 2.20. The van der Waals surface area contributed by atoms with E-state index < -0.39 is 22.0 Å². The molecule has 0 aliphatic rings. The Hall–Kier alpha value is -2.39. The quantitative estimate of drug-likeness (QED) is 0.762. The number of benzene rings is 1. The minimum Gasteiger partial charge on any atom is -0.480 e. The fourth-order valence-corrected chi connectivity index (χ4v) is 4.04. The normalized spacial score (nSPS) is 12.4. The van der Waals surface area contributed by atoms with Crippen LogP contribution < -0.4 is 4.72 Å². The molecule has 1 aromatic carbocycles. The first-order chi connectivity index (χ1) is 11.7. The SMILES string of the molecule is CC(C(=O)O)N(C)C(=O)Cc1ccc(NS(=O)(=O)c2cccs2)cc1. The van der Waals surface area contributed by atoms with Gasteiger partial charge in [0.05, 0.1) is 6.42 Å². The maximum Gasteiger partial charge on any atom is 0.326 e. The first-order valence-electron chi connectivity index (χ1n) is 7.34. The lowest BCUT2D eigenvalue weighted by Crippen LogP contribution is -2.41. The summed E-state index contributed by atoms with van der Waals surface area (Å²) in [6.45, 7) is 1.43. The topological polar surface area (TPSA) is 104 Å². The van der Waals surface area contributed by atoms with Crippen molar-refractivity contribution in [3.05, 3.63) is 47.3 Å². The van der Waals surface area contributed by atoms with Gasteiger partial charge in [-0.15, -0.1) is 11.3 Å². The molecule has 1 amide bonds. The van der Waals surface area contributed by atoms with Crippen LogP contribution >= 0.6 is 11.3 Å². The summed E-state index contributed by atoms with van der Waals surface area (Å²) >= 11 is 1.12. The number of rotatable bonds is 7. The molecule has 1 atom stereocenters. The number of amides is 1. The largest absolute Gasteiger partial charge is 0.480 e. The number of sulfonamides is 1. The van der Waals surface area contributed by atoms with E-state index in [4.69, 9.17) is 5.11 Å². The molecule has 134 valence electrons. The van der Waals surface area contributed by atoms with Crippen molar-refractivity contribution < 1.29 is 23.1 Å². The second kappa shape index (κ2) is 7.66. The number of aliphatic carboxylic acids is 1. The zero-order valence-electron chi connectivity index (χ0n) is 13.7. The summed E-state index contributed by atoms with van der Waals surface area (Å²) < 4.78 is 27.0. The molecule has 0 radical (unpaired) electrons. The Bertz CT molecular complexity index is 845. The summed E-state index contributed by atoms with van der Waals surface area (Å²) in [5.41, 5.74) is 1.05. The zero-order chi connectivity index (χ0) is 18.6. The molecule has 7 nitrogen and oxygen atoms in total. The van der Waals surface area contributed by atoms with Crippen LogP contribution in [0.5, 0.6) is 0 Å². The molecule has 0 aliphatic heterocycles. The van der Waals surface area contributed by atoms with Crippen molar-refractivity contribution in [2.45, 2.75) is 23.6 Å². The number of anilines is 1. The first kappa shape index (κ1) is 18.9. The van der Waals surface area contributed by atoms with Gasteiger partial charge in [-0.25, -0.2) is 13.2 Å². The monoisotopic (exact) mass is 382 g/mol. The van der Waals surface area contributed by atoms with Crippen LogP contribution in [0.1, 0.15) is 12.5 Å². The van der Waals surface area contributed by atoms with Crippen molar-refractivity contribution in [2.75, 3.05) is 11.8 Å². The minimum absolute atomic E-state index is 0.0338. The van der Waals surface area contributed by atoms with Crippen LogP contribution in [0, 0.1) is 0 Å². The molecule has 2 rings (SSSR count). The van der Waals surface area contributed by atoms with Crippen LogP contribution in [0.2, 0.25) is 0 Å². The van der Waals surface area contributed by atoms with E-state index in [1.54, 1.807) is 35.7 Å². The van der Waals surface area contributed by atoms with Gasteiger partial charge in [0.1, 0.15) is 10.3 Å². The summed E-state index contributed by atoms with van der Waals surface area (Å²) in [7, 11) is -2.18. The van der Waals surface area contributed by atoms with Gasteiger partial charge in [0.25, 0.3) is 10.0 Å². The number of thiophene rings is 1. The number of nitrogens with zero attached hydrogens (tertiary/aromatic N) is 1. The molecule has 0 saturated heterocycles. The third kappa shape index (κ3) is 4.80. The third-order valence-corrected chi connectivity index (χ3v) is 6.43. The highest BCUT2D eigenvalue weighted by atomic mass is 32.2. The Kier molecular flexibility index (Phi) is 5.81. The second-order valence-electron chi connectivity index (χ2n) is 5.43. The molecule has 1 aromatic heterocycles. The molecular weight excluding hydrogens is 364 g/mol. The van der Waals surface area contributed by atoms with Gasteiger partial charge in [0, 0.05) is 12.7 Å². The number of nitrogens with one attached hydrogen (secondary N) is 1. The number of likely N-dealkylation sites (N-methyl/N-ethyl adjacent to an activating group) is 1. The first-order valence-corrected chi connectivity index (χ1v) is 9.70. The zero-order valence-corrected chi connectivity index (χ0v) is 15.3. The van der Waals surface area contributed by atoms with Crippen molar-refractivity contribution in [2.24, 2.45) is 0 Å². The molecule has 2 aromatic rings. The Labute approximate surface area is 150 Å². The smallest absolute Gasteiger partial charge is 0.326 e. The Balaban J connectivity index is 2.03. The van der Waals surface area contributed by atoms with Gasteiger partial charge >= 0.3 is 5.97 Å². The molecule has 0 aliphatic carbocycles. The maximum atomic E-state index is 12.1. The van der Waals surface area contributed by atoms with Gasteiger partial charge in [0.15, 0.2) is 0 Å². The van der Waals surface area contributed by atoms with Gasteiger partial charge in [-0.2, -0.15) is 0 Å². The van der Waals surface area contributed by atoms with E-state index in [2.05, 4.69) is 4.72 Å². The molecule has 2 N–H and O–H groups in total. The minimum atomic E-state index is -3.61. The predicted molar refractivity (Wildman–Crippen MR) is 95.1 cm³/mol. The Morgan fingerprint density at radius 2 is 1.88 bits per heavy atom. The fraction of sp³-hybridized carbons (Fsp3) is 0.250. The molecule has 0 bridgehead atoms. The average molecular weight is 382 g/mol. The molecule has 1 heterocycles. The van der Waals surface area contributed by atoms with Crippen molar-refractivity contribution in [1.29, 1.82) is 0 Å². The molecule has 9 heteroatoms. The molecule has 25 heavy (non-hydrogen) atoms. The molecule has 0 spiro atoms. The highest BCUT2D eigenvalue weighted by molar-refractivity contribution is 7.94. The van der Waals surface area contributed by atoms with Gasteiger partial charge in [-0.1, -0.05) is 18.2 Å². The lowest BCUT2D eigenvalue weighted by molar-refractivity contribution is -0.147. The number of carboxylic acid groups (broad SMARTS) is 1. The molecule has 0 fully saturated rings. The molecular formula is C16H18N2O5S2. The van der Waals surface area contributed by atoms with Gasteiger partial charge in [0.2, 0.25) is 5.91 Å². The van der Waals surface area contributed by atoms with Crippen LogP contribution in [-0.4, -0.2) is 43.4 Å². The van der Waals surface area contributed by atoms with Crippen LogP contribution in [-0.2, 0) is 26.0 Å². The van der Waals surface area contributed by atoms with E-state index in [9.17, 15) is 18.0 Å². The maximum absolute atomic E-state index is 12.1. The van der Waals surface area contributed by atoms with Crippen LogP contribution in [0.15, 0.2) is 46.0 Å². The third-order valence-electron chi connectivity index (χ3n) is 3.65. The van der Waals surface area contributed by atoms with E-state index in [1.165, 1.54) is 20.0 Å². The van der Waals surface area contributed by atoms with Crippen molar-refractivity contribution in [1.82, 2.24) is 4.90 Å². The van der Waals surface area contributed by atoms with Crippen LogP contribution in [0.25, 0.3) is 0 Å². The summed E-state index contributed by atoms with van der Waals surface area (Å²) in [5.74, 6) is -1.41. The van der Waals surface area contributed by atoms with Crippen molar-refractivity contribution in [3.8, 4) is 0 Å². The average Bonchev–Trinajstić information content (AvgIpc) is 3.10. The van der Waals surface area contributed by atoms with E-state index in [1.807, 2.05) is 0 Å². The lowest BCUT2D eigenvalue weighted by Gasteiger charge is -2.21. The number of carboxylic acids is 1.